The largest absolute Gasteiger partial charge is 0.490 e. The maximum absolute atomic E-state index is 11.9. The van der Waals surface area contributed by atoms with E-state index in [4.69, 9.17) is 9.90 Å². The van der Waals surface area contributed by atoms with Crippen molar-refractivity contribution in [3.63, 3.8) is 0 Å². The van der Waals surface area contributed by atoms with E-state index in [-0.39, 0.29) is 11.9 Å². The van der Waals surface area contributed by atoms with E-state index in [9.17, 15) is 23.2 Å². The van der Waals surface area contributed by atoms with Crippen LogP contribution in [0.25, 0.3) is 11.3 Å². The average Bonchev–Trinajstić information content (AvgIpc) is 2.74. The summed E-state index contributed by atoms with van der Waals surface area (Å²) in [5, 5.41) is 16.4. The van der Waals surface area contributed by atoms with Crippen molar-refractivity contribution in [2.45, 2.75) is 32.9 Å². The third-order valence-corrected chi connectivity index (χ3v) is 4.56. The normalized spacial score (nSPS) is 10.5. The Bertz CT molecular complexity index is 1030. The lowest BCUT2D eigenvalue weighted by atomic mass is 10.0. The summed E-state index contributed by atoms with van der Waals surface area (Å²) < 4.78 is 31.7. The number of aromatic nitrogens is 2. The maximum atomic E-state index is 11.9. The van der Waals surface area contributed by atoms with E-state index in [0.29, 0.717) is 13.0 Å². The lowest BCUT2D eigenvalue weighted by Crippen LogP contribution is -2.37. The molecular weight excluding hydrogens is 439 g/mol. The molecule has 0 unspecified atom stereocenters. The van der Waals surface area contributed by atoms with Crippen LogP contribution in [0.5, 0.6) is 0 Å². The molecule has 33 heavy (non-hydrogen) atoms. The minimum Gasteiger partial charge on any atom is -0.475 e. The number of hydrogen-bond acceptors (Lipinski definition) is 5. The minimum atomic E-state index is -5.08. The molecule has 0 bridgehead atoms. The molecule has 0 saturated carbocycles. The average molecular weight is 465 g/mol. The summed E-state index contributed by atoms with van der Waals surface area (Å²) in [6.45, 7) is 4.75. The van der Waals surface area contributed by atoms with Crippen LogP contribution in [-0.4, -0.2) is 70.7 Å². The van der Waals surface area contributed by atoms with Crippen LogP contribution in [0.3, 0.4) is 0 Å². The van der Waals surface area contributed by atoms with Gasteiger partial charge in [0.1, 0.15) is 6.07 Å². The van der Waals surface area contributed by atoms with Gasteiger partial charge in [0.2, 0.25) is 5.82 Å². The van der Waals surface area contributed by atoms with Crippen molar-refractivity contribution in [1.82, 2.24) is 19.8 Å². The summed E-state index contributed by atoms with van der Waals surface area (Å²) in [7, 11) is 5.25. The number of amides is 2. The van der Waals surface area contributed by atoms with Crippen LogP contribution in [0.2, 0.25) is 0 Å². The summed E-state index contributed by atoms with van der Waals surface area (Å²) in [5.74, 6) is -2.58. The van der Waals surface area contributed by atoms with E-state index in [1.807, 2.05) is 18.2 Å². The molecule has 8 nitrogen and oxygen atoms in total. The summed E-state index contributed by atoms with van der Waals surface area (Å²) >= 11 is 0. The Morgan fingerprint density at radius 3 is 2.18 bits per heavy atom. The van der Waals surface area contributed by atoms with Gasteiger partial charge in [-0.25, -0.2) is 19.6 Å². The number of carboxylic acids is 1. The Balaban J connectivity index is 0.000000675. The van der Waals surface area contributed by atoms with Gasteiger partial charge in [-0.2, -0.15) is 18.4 Å². The first-order valence-electron chi connectivity index (χ1n) is 9.84. The second-order valence-corrected chi connectivity index (χ2v) is 7.48. The van der Waals surface area contributed by atoms with E-state index in [1.54, 1.807) is 30.9 Å². The van der Waals surface area contributed by atoms with Gasteiger partial charge in [-0.15, -0.1) is 0 Å². The molecular formula is C22H26F3N5O3. The van der Waals surface area contributed by atoms with Gasteiger partial charge in [0.05, 0.1) is 5.69 Å². The van der Waals surface area contributed by atoms with Crippen molar-refractivity contribution in [2.75, 3.05) is 27.7 Å². The van der Waals surface area contributed by atoms with Crippen LogP contribution in [0.15, 0.2) is 24.3 Å². The zero-order chi connectivity index (χ0) is 25.3. The number of hydrogen-bond donors (Lipinski definition) is 1. The second kappa shape index (κ2) is 11.8. The molecule has 0 aliphatic heterocycles. The molecule has 0 saturated heterocycles. The molecule has 11 heteroatoms. The zero-order valence-electron chi connectivity index (χ0n) is 19.1. The van der Waals surface area contributed by atoms with E-state index < -0.39 is 12.1 Å². The van der Waals surface area contributed by atoms with Crippen molar-refractivity contribution in [1.29, 1.82) is 5.26 Å². The predicted octanol–water partition coefficient (Wildman–Crippen LogP) is 3.81. The lowest BCUT2D eigenvalue weighted by Gasteiger charge is -2.21. The van der Waals surface area contributed by atoms with Gasteiger partial charge >= 0.3 is 18.2 Å². The molecule has 0 radical (unpaired) electrons. The molecule has 2 aromatic rings. The van der Waals surface area contributed by atoms with Crippen molar-refractivity contribution in [3.05, 3.63) is 46.9 Å². The molecule has 0 aliphatic carbocycles. The highest BCUT2D eigenvalue weighted by Gasteiger charge is 2.38. The van der Waals surface area contributed by atoms with Crippen molar-refractivity contribution < 1.29 is 27.9 Å². The number of nitrogens with zero attached hydrogens (tertiary/aromatic N) is 5. The standard InChI is InChI=1S/C20H25N5O.C2HF3O2/c1-14-8-9-16(11-15(14)2)18-12-17(22-19(13-21)23-18)7-6-10-25(5)20(26)24(3)4;3-2(4,5)1(6)7/h8-9,11-12H,6-7,10H2,1-5H3;(H,6,7). The van der Waals surface area contributed by atoms with Crippen LogP contribution in [0.1, 0.15) is 29.1 Å². The third-order valence-electron chi connectivity index (χ3n) is 4.56. The van der Waals surface area contributed by atoms with Crippen molar-refractivity contribution in [2.24, 2.45) is 0 Å². The first-order chi connectivity index (χ1) is 15.3. The number of carbonyl (C=O) groups excluding carboxylic acids is 1. The number of benzene rings is 1. The van der Waals surface area contributed by atoms with Crippen LogP contribution < -0.4 is 0 Å². The Labute approximate surface area is 190 Å². The second-order valence-electron chi connectivity index (χ2n) is 7.48. The van der Waals surface area contributed by atoms with E-state index in [1.165, 1.54) is 11.1 Å². The summed E-state index contributed by atoms with van der Waals surface area (Å²) in [6, 6.07) is 10.1. The minimum absolute atomic E-state index is 0.0266. The number of carbonyl (C=O) groups is 2. The van der Waals surface area contributed by atoms with E-state index in [2.05, 4.69) is 35.9 Å². The molecule has 0 spiro atoms. The number of urea groups is 1. The fourth-order valence-corrected chi connectivity index (χ4v) is 2.66. The smallest absolute Gasteiger partial charge is 0.475 e. The molecule has 1 aromatic carbocycles. The van der Waals surface area contributed by atoms with Gasteiger partial charge in [-0.3, -0.25) is 0 Å². The summed E-state index contributed by atoms with van der Waals surface area (Å²) in [4.78, 5) is 32.6. The Kier molecular flexibility index (Phi) is 9.78. The van der Waals surface area contributed by atoms with Crippen molar-refractivity contribution >= 4 is 12.0 Å². The molecule has 0 atom stereocenters. The van der Waals surface area contributed by atoms with Gasteiger partial charge in [0.25, 0.3) is 0 Å². The SMILES string of the molecule is Cc1ccc(-c2cc(CCCN(C)C(=O)N(C)C)nc(C#N)n2)cc1C.O=C(O)C(F)(F)F. The van der Waals surface area contributed by atoms with Gasteiger partial charge in [0.15, 0.2) is 0 Å². The number of aryl methyl sites for hydroxylation is 3. The van der Waals surface area contributed by atoms with Crippen LogP contribution >= 0.6 is 0 Å². The van der Waals surface area contributed by atoms with Gasteiger partial charge in [-0.1, -0.05) is 12.1 Å². The molecule has 2 rings (SSSR count). The fraction of sp³-hybridized carbons (Fsp3) is 0.409. The highest BCUT2D eigenvalue weighted by atomic mass is 19.4. The van der Waals surface area contributed by atoms with E-state index >= 15 is 0 Å². The Morgan fingerprint density at radius 2 is 1.70 bits per heavy atom. The highest BCUT2D eigenvalue weighted by Crippen LogP contribution is 2.21. The molecule has 1 heterocycles. The number of alkyl halides is 3. The molecule has 0 fully saturated rings. The lowest BCUT2D eigenvalue weighted by molar-refractivity contribution is -0.192. The Morgan fingerprint density at radius 1 is 1.09 bits per heavy atom. The molecule has 178 valence electrons. The number of aliphatic carboxylic acids is 1. The molecule has 2 amide bonds. The number of carboxylic acid groups (broad SMARTS) is 1. The zero-order valence-corrected chi connectivity index (χ0v) is 19.1. The van der Waals surface area contributed by atoms with Crippen LogP contribution in [0.4, 0.5) is 18.0 Å². The highest BCUT2D eigenvalue weighted by molar-refractivity contribution is 5.73. The van der Waals surface area contributed by atoms with Crippen molar-refractivity contribution in [3.8, 4) is 17.3 Å². The number of rotatable bonds is 5. The summed E-state index contributed by atoms with van der Waals surface area (Å²) in [6.07, 6.45) is -3.63. The molecule has 0 aliphatic rings. The summed E-state index contributed by atoms with van der Waals surface area (Å²) in [5.41, 5.74) is 4.96. The Hall–Kier alpha value is -3.68. The quantitative estimate of drug-likeness (QED) is 0.719. The van der Waals surface area contributed by atoms with Gasteiger partial charge < -0.3 is 14.9 Å². The molecule has 1 aromatic heterocycles. The fourth-order valence-electron chi connectivity index (χ4n) is 2.66. The monoisotopic (exact) mass is 465 g/mol. The number of nitriles is 1. The van der Waals surface area contributed by atoms with Gasteiger partial charge in [-0.05, 0) is 49.9 Å². The third kappa shape index (κ3) is 8.76. The van der Waals surface area contributed by atoms with Crippen LogP contribution in [-0.2, 0) is 11.2 Å². The maximum Gasteiger partial charge on any atom is 0.490 e. The number of halogens is 3. The topological polar surface area (TPSA) is 110 Å². The first-order valence-corrected chi connectivity index (χ1v) is 9.84. The molecule has 1 N–H and O–H groups in total. The first kappa shape index (κ1) is 27.4. The predicted molar refractivity (Wildman–Crippen MR) is 115 cm³/mol. The van der Waals surface area contributed by atoms with E-state index in [0.717, 1.165) is 23.4 Å². The van der Waals surface area contributed by atoms with Crippen LogP contribution in [0, 0.1) is 25.2 Å². The van der Waals surface area contributed by atoms with Gasteiger partial charge in [0, 0.05) is 38.9 Å².